The Labute approximate surface area is 23.7 Å². The first-order valence-corrected chi connectivity index (χ1v) is 0.489. The molecule has 0 aliphatic heterocycles. The molecule has 0 atom stereocenters. The summed E-state index contributed by atoms with van der Waals surface area (Å²) in [5.41, 5.74) is 0. The number of hydrogen-bond acceptors (Lipinski definition) is 3. The van der Waals surface area contributed by atoms with Gasteiger partial charge in [-0.25, -0.2) is 0 Å². The van der Waals surface area contributed by atoms with Crippen molar-refractivity contribution >= 4 is 6.79 Å². The van der Waals surface area contributed by atoms with Crippen LogP contribution in [-0.2, 0) is 4.79 Å². The van der Waals surface area contributed by atoms with Crippen molar-refractivity contribution in [3.05, 3.63) is 0 Å². The van der Waals surface area contributed by atoms with Gasteiger partial charge in [0.05, 0.1) is 0 Å². The number of carbonyl (C=O) groups excluding carboxylic acids is 1. The van der Waals surface area contributed by atoms with Crippen LogP contribution in [0.5, 0.6) is 0 Å². The molecule has 0 saturated heterocycles. The van der Waals surface area contributed by atoms with Crippen LogP contribution in [0.15, 0.2) is 0 Å². The molecule has 0 aromatic rings. The van der Waals surface area contributed by atoms with Crippen molar-refractivity contribution in [2.75, 3.05) is 0 Å². The van der Waals surface area contributed by atoms with E-state index in [0.29, 0.717) is 0 Å². The highest BCUT2D eigenvalue weighted by Crippen LogP contribution is 0.592. The van der Waals surface area contributed by atoms with E-state index in [4.69, 9.17) is 15.6 Å². The van der Waals surface area contributed by atoms with Crippen molar-refractivity contribution in [3.8, 4) is 0 Å². The monoisotopic (exact) mass is 58.0 g/mol. The highest BCUT2D eigenvalue weighted by Gasteiger charge is 0.636. The van der Waals surface area contributed by atoms with Crippen molar-refractivity contribution in [2.24, 2.45) is 0 Å². The van der Waals surface area contributed by atoms with Gasteiger partial charge in [-0.15, -0.1) is 0 Å². The van der Waals surface area contributed by atoms with Gasteiger partial charge >= 0.3 is 0 Å². The molecule has 0 N–H and O–H groups in total. The van der Waals surface area contributed by atoms with E-state index in [1.807, 2.05) is 6.79 Å². The number of rotatable bonds is 0. The quantitative estimate of drug-likeness (QED) is 0.363. The first-order chi connectivity index (χ1) is 2.00. The summed E-state index contributed by atoms with van der Waals surface area (Å²) in [4.78, 5) is 8.00. The summed E-state index contributed by atoms with van der Waals surface area (Å²) in [6, 6.07) is 0. The largest absolute Gasteiger partial charge is 0.307 e. The predicted octanol–water partition coefficient (Wildman–Crippen LogP) is -0.155. The van der Waals surface area contributed by atoms with Gasteiger partial charge in [-0.1, -0.05) is 0 Å². The van der Waals surface area contributed by atoms with Gasteiger partial charge in [-0.3, -0.25) is 0 Å². The number of carbonyl (C=O) groups is 1. The van der Waals surface area contributed by atoms with Crippen LogP contribution in [0.3, 0.4) is 0 Å². The van der Waals surface area contributed by atoms with Crippen molar-refractivity contribution < 1.29 is 4.79 Å². The maximum atomic E-state index is 8.00. The Balaban J connectivity index is 0. The van der Waals surface area contributed by atoms with Gasteiger partial charge in [0.1, 0.15) is 6.79 Å². The summed E-state index contributed by atoms with van der Waals surface area (Å²) >= 11 is 0. The van der Waals surface area contributed by atoms with E-state index in [2.05, 4.69) is 0 Å². The van der Waals surface area contributed by atoms with Crippen LogP contribution >= 0.6 is 0 Å². The van der Waals surface area contributed by atoms with Crippen molar-refractivity contribution in [1.29, 1.82) is 10.8 Å². The average molecular weight is 58.0 g/mol. The molecule has 4 heavy (non-hydrogen) atoms. The molecule has 0 unspecified atom stereocenters. The third-order valence-corrected chi connectivity index (χ3v) is 0. The van der Waals surface area contributed by atoms with Crippen LogP contribution in [0.4, 0.5) is 0 Å². The second kappa shape index (κ2) is 3.00. The van der Waals surface area contributed by atoms with Gasteiger partial charge in [0.25, 0.3) is 0 Å². The molecule has 0 radical (unpaired) electrons. The Bertz CT molecular complexity index is 17.2. The minimum absolute atomic E-state index is 2.00. The van der Waals surface area contributed by atoms with Crippen molar-refractivity contribution in [2.45, 2.75) is 0 Å². The van der Waals surface area contributed by atoms with E-state index >= 15 is 0 Å². The predicted molar refractivity (Wildman–Crippen MR) is 10.6 cm³/mol. The molecule has 0 aliphatic rings. The minimum Gasteiger partial charge on any atom is -0.307 e. The maximum Gasteiger partial charge on any atom is 0.106 e. The molecule has 0 aromatic carbocycles. The van der Waals surface area contributed by atoms with Crippen LogP contribution in [0.1, 0.15) is 0 Å². The fourth-order valence-electron chi connectivity index (χ4n) is 0. The van der Waals surface area contributed by atoms with E-state index in [0.717, 1.165) is 0 Å². The number of hydrogen-bond donors (Lipinski definition) is 0. The smallest absolute Gasteiger partial charge is 0.106 e. The number of nitrogens with zero attached hydrogens (tertiary/aromatic N) is 2. The summed E-state index contributed by atoms with van der Waals surface area (Å²) in [5, 5.41) is 12.0. The third-order valence-electron chi connectivity index (χ3n) is 0. The van der Waals surface area contributed by atoms with Gasteiger partial charge in [0.15, 0.2) is 0 Å². The van der Waals surface area contributed by atoms with Crippen LogP contribution in [0.2, 0.25) is 0 Å². The lowest BCUT2D eigenvalue weighted by Crippen LogP contribution is -0.925. The summed E-state index contributed by atoms with van der Waals surface area (Å²) in [6.07, 6.45) is 0. The van der Waals surface area contributed by atoms with E-state index in [1.54, 1.807) is 0 Å². The lowest BCUT2D eigenvalue weighted by Gasteiger charge is -0.837. The fourth-order valence-corrected chi connectivity index (χ4v) is 0. The average Bonchev–Trinajstić information content (AvgIpc) is 1.50. The molecule has 3 nitrogen and oxygen atoms in total. The Kier molecular flexibility index (Phi) is 8.52. The standard InChI is InChI=1S/CH2O.N2/c2*1-2/h1H2;. The SMILES string of the molecule is C=O.N#N. The van der Waals surface area contributed by atoms with E-state index in [1.165, 1.54) is 0 Å². The summed E-state index contributed by atoms with van der Waals surface area (Å²) in [6.45, 7) is 2.00. The molecular weight excluding hydrogens is 56.0 g/mol. The van der Waals surface area contributed by atoms with E-state index < -0.39 is 0 Å². The zero-order valence-electron chi connectivity index (χ0n) is 2.01. The second-order valence-electron chi connectivity index (χ2n) is 0. The topological polar surface area (TPSA) is 64.7 Å². The zero-order valence-corrected chi connectivity index (χ0v) is 2.01. The molecule has 0 fully saturated rings. The van der Waals surface area contributed by atoms with Gasteiger partial charge < -0.3 is 4.79 Å². The minimum atomic E-state index is 2.00. The third kappa shape index (κ3) is 0.0107. The molecule has 0 bridgehead atoms. The van der Waals surface area contributed by atoms with Gasteiger partial charge in [0, 0.05) is 10.8 Å². The Hall–Kier alpha value is -0.910. The molecule has 22 valence electrons. The van der Waals surface area contributed by atoms with Crippen molar-refractivity contribution in [3.63, 3.8) is 0 Å². The molecule has 0 rings (SSSR count). The van der Waals surface area contributed by atoms with E-state index in [9.17, 15) is 0 Å². The second-order valence-corrected chi connectivity index (χ2v) is 0. The summed E-state index contributed by atoms with van der Waals surface area (Å²) < 4.78 is 0. The normalized spacial score (nSPS) is 1.50. The van der Waals surface area contributed by atoms with Gasteiger partial charge in [0.2, 0.25) is 0 Å². The zero-order chi connectivity index (χ0) is 4.00. The summed E-state index contributed by atoms with van der Waals surface area (Å²) in [7, 11) is 0. The Morgan fingerprint density at radius 1 is 1.25 bits per heavy atom. The Morgan fingerprint density at radius 2 is 1.25 bits per heavy atom. The molecule has 0 spiro atoms. The van der Waals surface area contributed by atoms with Gasteiger partial charge in [-0.05, 0) is 0 Å². The molecule has 0 saturated carbocycles. The summed E-state index contributed by atoms with van der Waals surface area (Å²) in [5.74, 6) is 0. The van der Waals surface area contributed by atoms with Gasteiger partial charge in [-0.2, -0.15) is 0 Å². The van der Waals surface area contributed by atoms with Crippen LogP contribution in [0, 0.1) is 10.8 Å². The molecular formula is CH2N2O. The molecule has 3 heteroatoms. The first kappa shape index (κ1) is 11.4. The lowest BCUT2D eigenvalue weighted by molar-refractivity contribution is -0.0979. The first-order valence-electron chi connectivity index (χ1n) is 0.489. The highest BCUT2D eigenvalue weighted by molar-refractivity contribution is 5.10. The Morgan fingerprint density at radius 3 is 1.25 bits per heavy atom. The fraction of sp³-hybridized carbons (Fsp3) is 0. The molecule has 0 aliphatic carbocycles. The molecule has 0 amide bonds. The molecule has 0 aromatic heterocycles. The van der Waals surface area contributed by atoms with Crippen LogP contribution in [-0.4, -0.2) is 6.79 Å². The van der Waals surface area contributed by atoms with E-state index in [-0.39, 0.29) is 0 Å². The lowest BCUT2D eigenvalue weighted by atomic mass is 11.9. The molecule has 0 heterocycles. The highest BCUT2D eigenvalue weighted by atomic mass is 16.1. The van der Waals surface area contributed by atoms with Crippen molar-refractivity contribution in [1.82, 2.24) is 0 Å². The van der Waals surface area contributed by atoms with Crippen LogP contribution < -0.4 is 0 Å². The van der Waals surface area contributed by atoms with Crippen LogP contribution in [0.25, 0.3) is 0 Å². The maximum absolute atomic E-state index is 8.00.